The van der Waals surface area contributed by atoms with Crippen molar-refractivity contribution in [3.63, 3.8) is 0 Å². The van der Waals surface area contributed by atoms with Crippen LogP contribution in [0.15, 0.2) is 57.3 Å². The molecule has 1 aromatic carbocycles. The van der Waals surface area contributed by atoms with E-state index in [1.54, 1.807) is 11.6 Å². The molecule has 1 aliphatic rings. The van der Waals surface area contributed by atoms with Crippen LogP contribution in [0.25, 0.3) is 10.9 Å². The van der Waals surface area contributed by atoms with Gasteiger partial charge in [-0.1, -0.05) is 12.1 Å². The Bertz CT molecular complexity index is 1090. The summed E-state index contributed by atoms with van der Waals surface area (Å²) in [6.45, 7) is 0. The molecule has 4 rings (SSSR count). The molecule has 0 unspecified atom stereocenters. The fourth-order valence-corrected chi connectivity index (χ4v) is 3.88. The highest BCUT2D eigenvalue weighted by atomic mass is 32.1. The quantitative estimate of drug-likeness (QED) is 0.741. The van der Waals surface area contributed by atoms with Crippen molar-refractivity contribution in [2.75, 3.05) is 0 Å². The molecule has 0 amide bonds. The number of benzene rings is 1. The van der Waals surface area contributed by atoms with Crippen LogP contribution in [0.2, 0.25) is 0 Å². The first kappa shape index (κ1) is 14.5. The van der Waals surface area contributed by atoms with Gasteiger partial charge in [-0.25, -0.2) is 0 Å². The van der Waals surface area contributed by atoms with Crippen LogP contribution >= 0.6 is 11.3 Å². The summed E-state index contributed by atoms with van der Waals surface area (Å²) in [6, 6.07) is 11.5. The molecule has 1 atom stereocenters. The van der Waals surface area contributed by atoms with Crippen LogP contribution in [-0.4, -0.2) is 4.57 Å². The monoisotopic (exact) mass is 335 g/mol. The first-order chi connectivity index (χ1) is 11.6. The maximum Gasteiger partial charge on any atom is 0.258 e. The van der Waals surface area contributed by atoms with Gasteiger partial charge in [-0.15, -0.1) is 0 Å². The van der Waals surface area contributed by atoms with Gasteiger partial charge in [-0.3, -0.25) is 4.79 Å². The van der Waals surface area contributed by atoms with Crippen molar-refractivity contribution in [3.05, 3.63) is 74.0 Å². The number of nitrogens with zero attached hydrogens (tertiary/aromatic N) is 2. The molecule has 0 fully saturated rings. The summed E-state index contributed by atoms with van der Waals surface area (Å²) >= 11 is 1.51. The lowest BCUT2D eigenvalue weighted by atomic mass is 9.85. The van der Waals surface area contributed by atoms with Crippen molar-refractivity contribution in [1.82, 2.24) is 4.57 Å². The molecule has 0 aliphatic carbocycles. The molecular formula is C18H13N3O2S. The highest BCUT2D eigenvalue weighted by Gasteiger charge is 2.35. The SMILES string of the molecule is Cn1c(=O)c2c(c3ccccc31)OC(N)=C(C#N)[C@@H]2c1ccsc1. The minimum Gasteiger partial charge on any atom is -0.439 e. The number of nitriles is 1. The third-order valence-electron chi connectivity index (χ3n) is 4.34. The fraction of sp³-hybridized carbons (Fsp3) is 0.111. The van der Waals surface area contributed by atoms with E-state index >= 15 is 0 Å². The van der Waals surface area contributed by atoms with Gasteiger partial charge in [0.05, 0.1) is 17.0 Å². The molecule has 118 valence electrons. The van der Waals surface area contributed by atoms with Gasteiger partial charge in [0.2, 0.25) is 5.88 Å². The van der Waals surface area contributed by atoms with E-state index < -0.39 is 5.92 Å². The Morgan fingerprint density at radius 1 is 1.33 bits per heavy atom. The zero-order valence-electron chi connectivity index (χ0n) is 12.8. The van der Waals surface area contributed by atoms with Crippen LogP contribution in [0.1, 0.15) is 17.0 Å². The van der Waals surface area contributed by atoms with Gasteiger partial charge in [-0.05, 0) is 34.5 Å². The second kappa shape index (κ2) is 5.25. The second-order valence-electron chi connectivity index (χ2n) is 5.61. The highest BCUT2D eigenvalue weighted by Crippen LogP contribution is 2.43. The number of thiophene rings is 1. The molecule has 6 heteroatoms. The highest BCUT2D eigenvalue weighted by molar-refractivity contribution is 7.08. The number of para-hydroxylation sites is 1. The molecule has 3 heterocycles. The van der Waals surface area contributed by atoms with Gasteiger partial charge in [0.25, 0.3) is 5.56 Å². The van der Waals surface area contributed by atoms with Crippen molar-refractivity contribution in [1.29, 1.82) is 5.26 Å². The molecular weight excluding hydrogens is 322 g/mol. The van der Waals surface area contributed by atoms with Gasteiger partial charge >= 0.3 is 0 Å². The predicted molar refractivity (Wildman–Crippen MR) is 92.8 cm³/mol. The first-order valence-electron chi connectivity index (χ1n) is 7.34. The normalized spacial score (nSPS) is 16.6. The lowest BCUT2D eigenvalue weighted by molar-refractivity contribution is 0.396. The molecule has 0 radical (unpaired) electrons. The summed E-state index contributed by atoms with van der Waals surface area (Å²) in [5.41, 5.74) is 8.19. The zero-order chi connectivity index (χ0) is 16.8. The number of hydrogen-bond donors (Lipinski definition) is 1. The number of nitrogens with two attached hydrogens (primary N) is 1. The van der Waals surface area contributed by atoms with Crippen molar-refractivity contribution in [3.8, 4) is 11.8 Å². The zero-order valence-corrected chi connectivity index (χ0v) is 13.6. The van der Waals surface area contributed by atoms with E-state index in [0.717, 1.165) is 16.5 Å². The minimum atomic E-state index is -0.506. The van der Waals surface area contributed by atoms with Crippen molar-refractivity contribution < 1.29 is 4.74 Å². The molecule has 0 saturated heterocycles. The molecule has 0 saturated carbocycles. The maximum atomic E-state index is 13.0. The number of rotatable bonds is 1. The average Bonchev–Trinajstić information content (AvgIpc) is 3.13. The van der Waals surface area contributed by atoms with Gasteiger partial charge in [-0.2, -0.15) is 16.6 Å². The van der Waals surface area contributed by atoms with Gasteiger partial charge < -0.3 is 15.0 Å². The van der Waals surface area contributed by atoms with E-state index in [9.17, 15) is 10.1 Å². The van der Waals surface area contributed by atoms with Crippen LogP contribution < -0.4 is 16.0 Å². The van der Waals surface area contributed by atoms with E-state index in [2.05, 4.69) is 6.07 Å². The minimum absolute atomic E-state index is 0.0552. The first-order valence-corrected chi connectivity index (χ1v) is 8.29. The largest absolute Gasteiger partial charge is 0.439 e. The Hall–Kier alpha value is -3.04. The lowest BCUT2D eigenvalue weighted by Crippen LogP contribution is -2.30. The number of ether oxygens (including phenoxy) is 1. The Balaban J connectivity index is 2.16. The fourth-order valence-electron chi connectivity index (χ4n) is 3.20. The molecule has 1 aliphatic heterocycles. The second-order valence-corrected chi connectivity index (χ2v) is 6.39. The summed E-state index contributed by atoms with van der Waals surface area (Å²) in [4.78, 5) is 13.0. The van der Waals surface area contributed by atoms with E-state index in [-0.39, 0.29) is 17.0 Å². The molecule has 5 nitrogen and oxygen atoms in total. The van der Waals surface area contributed by atoms with Gasteiger partial charge in [0.15, 0.2) is 0 Å². The predicted octanol–water partition coefficient (Wildman–Crippen LogP) is 2.82. The Morgan fingerprint density at radius 3 is 2.83 bits per heavy atom. The summed E-state index contributed by atoms with van der Waals surface area (Å²) in [6.07, 6.45) is 0. The summed E-state index contributed by atoms with van der Waals surface area (Å²) in [7, 11) is 1.73. The summed E-state index contributed by atoms with van der Waals surface area (Å²) in [5.74, 6) is -0.00527. The van der Waals surface area contributed by atoms with Crippen molar-refractivity contribution >= 4 is 22.2 Å². The Morgan fingerprint density at radius 2 is 2.12 bits per heavy atom. The van der Waals surface area contributed by atoms with E-state index in [1.807, 2.05) is 41.1 Å². The molecule has 3 aromatic rings. The number of aromatic nitrogens is 1. The van der Waals surface area contributed by atoms with Crippen molar-refractivity contribution in [2.24, 2.45) is 12.8 Å². The Kier molecular flexibility index (Phi) is 3.18. The third kappa shape index (κ3) is 1.88. The molecule has 0 bridgehead atoms. The number of allylic oxidation sites excluding steroid dienone is 1. The maximum absolute atomic E-state index is 13.0. The smallest absolute Gasteiger partial charge is 0.258 e. The summed E-state index contributed by atoms with van der Waals surface area (Å²) < 4.78 is 7.33. The molecule has 24 heavy (non-hydrogen) atoms. The van der Waals surface area contributed by atoms with E-state index in [1.165, 1.54) is 11.3 Å². The average molecular weight is 335 g/mol. The van der Waals surface area contributed by atoms with Crippen LogP contribution in [0.3, 0.4) is 0 Å². The summed E-state index contributed by atoms with van der Waals surface area (Å²) in [5, 5.41) is 14.2. The standard InChI is InChI=1S/C18H13N3O2S/c1-21-13-5-3-2-4-11(13)16-15(18(21)22)14(10-6-7-24-9-10)12(8-19)17(20)23-16/h2-7,9,14H,20H2,1H3/t14-/m0/s1. The van der Waals surface area contributed by atoms with Crippen LogP contribution in [0, 0.1) is 11.3 Å². The topological polar surface area (TPSA) is 81.0 Å². The lowest BCUT2D eigenvalue weighted by Gasteiger charge is -2.27. The number of pyridine rings is 1. The van der Waals surface area contributed by atoms with E-state index in [4.69, 9.17) is 10.5 Å². The van der Waals surface area contributed by atoms with Crippen LogP contribution in [0.4, 0.5) is 0 Å². The number of aryl methyl sites for hydroxylation is 1. The van der Waals surface area contributed by atoms with E-state index in [0.29, 0.717) is 11.3 Å². The van der Waals surface area contributed by atoms with Crippen molar-refractivity contribution in [2.45, 2.75) is 5.92 Å². The third-order valence-corrected chi connectivity index (χ3v) is 5.04. The van der Waals surface area contributed by atoms with Gasteiger partial charge in [0.1, 0.15) is 17.4 Å². The molecule has 0 spiro atoms. The number of fused-ring (bicyclic) bond motifs is 3. The van der Waals surface area contributed by atoms with Gasteiger partial charge in [0, 0.05) is 12.4 Å². The Labute approximate surface area is 141 Å². The molecule has 2 aromatic heterocycles. The number of hydrogen-bond acceptors (Lipinski definition) is 5. The van der Waals surface area contributed by atoms with Crippen LogP contribution in [0.5, 0.6) is 5.75 Å². The molecule has 2 N–H and O–H groups in total. The van der Waals surface area contributed by atoms with Crippen LogP contribution in [-0.2, 0) is 7.05 Å².